The van der Waals surface area contributed by atoms with E-state index in [-0.39, 0.29) is 35.7 Å². The van der Waals surface area contributed by atoms with Crippen LogP contribution >= 0.6 is 0 Å². The second-order valence-corrected chi connectivity index (χ2v) is 7.26. The van der Waals surface area contributed by atoms with Crippen molar-refractivity contribution >= 4 is 34.9 Å². The highest BCUT2D eigenvalue weighted by molar-refractivity contribution is 6.13. The number of nitrogens with zero attached hydrogens (tertiary/aromatic N) is 1. The van der Waals surface area contributed by atoms with Crippen LogP contribution in [-0.2, 0) is 14.3 Å². The minimum atomic E-state index is -0.710. The molecule has 0 saturated heterocycles. The van der Waals surface area contributed by atoms with Crippen molar-refractivity contribution in [3.05, 3.63) is 106 Å². The summed E-state index contributed by atoms with van der Waals surface area (Å²) in [6, 6.07) is 20.1. The molecular formula is C25H21N3O7. The van der Waals surface area contributed by atoms with Gasteiger partial charge in [0.15, 0.2) is 12.4 Å². The molecule has 0 saturated carbocycles. The standard InChI is InChI=1S/C25H21N3O7/c29-22(27-21-9-5-4-8-20(21)24(31)17-6-2-1-3-7-17)16-35-23(30)14-15-26-25(32)18-10-12-19(13-11-18)28(33)34/h1-13H,14-16H2,(H,26,32)(H,27,29). The molecule has 0 spiro atoms. The van der Waals surface area contributed by atoms with Crippen molar-refractivity contribution < 1.29 is 28.8 Å². The van der Waals surface area contributed by atoms with Gasteiger partial charge in [-0.3, -0.25) is 29.3 Å². The van der Waals surface area contributed by atoms with Gasteiger partial charge in [0.1, 0.15) is 0 Å². The molecule has 0 aliphatic carbocycles. The van der Waals surface area contributed by atoms with Crippen LogP contribution in [0.25, 0.3) is 0 Å². The lowest BCUT2D eigenvalue weighted by Gasteiger charge is -2.11. The first kappa shape index (κ1) is 24.8. The van der Waals surface area contributed by atoms with Crippen molar-refractivity contribution in [2.24, 2.45) is 0 Å². The second kappa shape index (κ2) is 11.8. The Kier molecular flexibility index (Phi) is 8.38. The SMILES string of the molecule is O=C(COC(=O)CCNC(=O)c1ccc([N+](=O)[O-])cc1)Nc1ccccc1C(=O)c1ccccc1. The van der Waals surface area contributed by atoms with E-state index in [1.54, 1.807) is 54.6 Å². The number of nitrogens with one attached hydrogen (secondary N) is 2. The third-order valence-electron chi connectivity index (χ3n) is 4.80. The molecule has 0 bridgehead atoms. The van der Waals surface area contributed by atoms with E-state index in [0.29, 0.717) is 11.1 Å². The Labute approximate surface area is 200 Å². The number of nitro groups is 1. The minimum Gasteiger partial charge on any atom is -0.456 e. The molecule has 10 nitrogen and oxygen atoms in total. The fraction of sp³-hybridized carbons (Fsp3) is 0.120. The number of rotatable bonds is 10. The topological polar surface area (TPSA) is 145 Å². The highest BCUT2D eigenvalue weighted by Crippen LogP contribution is 2.19. The largest absolute Gasteiger partial charge is 0.456 e. The Bertz CT molecular complexity index is 1240. The zero-order valence-electron chi connectivity index (χ0n) is 18.4. The van der Waals surface area contributed by atoms with Gasteiger partial charge in [-0.1, -0.05) is 42.5 Å². The number of carbonyl (C=O) groups is 4. The van der Waals surface area contributed by atoms with E-state index in [0.717, 1.165) is 0 Å². The van der Waals surface area contributed by atoms with Crippen molar-refractivity contribution in [1.82, 2.24) is 5.32 Å². The molecule has 0 radical (unpaired) electrons. The average molecular weight is 475 g/mol. The number of amides is 2. The highest BCUT2D eigenvalue weighted by atomic mass is 16.6. The Morgan fingerprint density at radius 3 is 2.17 bits per heavy atom. The molecular weight excluding hydrogens is 454 g/mol. The van der Waals surface area contributed by atoms with E-state index >= 15 is 0 Å². The Hall–Kier alpha value is -4.86. The summed E-state index contributed by atoms with van der Waals surface area (Å²) in [6.07, 6.45) is -0.185. The quantitative estimate of drug-likeness (QED) is 0.198. The molecule has 0 heterocycles. The first-order chi connectivity index (χ1) is 16.8. The van der Waals surface area contributed by atoms with Crippen molar-refractivity contribution in [2.45, 2.75) is 6.42 Å². The van der Waals surface area contributed by atoms with Crippen molar-refractivity contribution in [2.75, 3.05) is 18.5 Å². The number of anilines is 1. The monoisotopic (exact) mass is 475 g/mol. The third kappa shape index (κ3) is 7.06. The van der Waals surface area contributed by atoms with Gasteiger partial charge in [0.05, 0.1) is 17.0 Å². The Morgan fingerprint density at radius 1 is 0.829 bits per heavy atom. The number of nitro benzene ring substituents is 1. The van der Waals surface area contributed by atoms with Crippen LogP contribution in [0.15, 0.2) is 78.9 Å². The van der Waals surface area contributed by atoms with Gasteiger partial charge >= 0.3 is 5.97 Å². The van der Waals surface area contributed by atoms with Gasteiger partial charge < -0.3 is 15.4 Å². The van der Waals surface area contributed by atoms with Gasteiger partial charge in [-0.25, -0.2) is 0 Å². The number of para-hydroxylation sites is 1. The predicted molar refractivity (Wildman–Crippen MR) is 126 cm³/mol. The third-order valence-corrected chi connectivity index (χ3v) is 4.80. The summed E-state index contributed by atoms with van der Waals surface area (Å²) < 4.78 is 4.93. The Morgan fingerprint density at radius 2 is 1.49 bits per heavy atom. The second-order valence-electron chi connectivity index (χ2n) is 7.26. The van der Waals surface area contributed by atoms with Gasteiger partial charge in [0.25, 0.3) is 17.5 Å². The summed E-state index contributed by atoms with van der Waals surface area (Å²) in [5.74, 6) is -2.10. The maximum absolute atomic E-state index is 12.7. The van der Waals surface area contributed by atoms with Crippen LogP contribution in [0.3, 0.4) is 0 Å². The number of ether oxygens (including phenoxy) is 1. The molecule has 0 aromatic heterocycles. The lowest BCUT2D eigenvalue weighted by molar-refractivity contribution is -0.384. The van der Waals surface area contributed by atoms with Crippen LogP contribution in [0.2, 0.25) is 0 Å². The van der Waals surface area contributed by atoms with E-state index in [9.17, 15) is 29.3 Å². The predicted octanol–water partition coefficient (Wildman–Crippen LogP) is 3.13. The normalized spacial score (nSPS) is 10.2. The summed E-state index contributed by atoms with van der Waals surface area (Å²) in [5, 5.41) is 15.7. The number of benzene rings is 3. The first-order valence-corrected chi connectivity index (χ1v) is 10.5. The number of non-ortho nitro benzene ring substituents is 1. The molecule has 3 aromatic rings. The van der Waals surface area contributed by atoms with E-state index in [2.05, 4.69) is 10.6 Å². The van der Waals surface area contributed by atoms with Crippen LogP contribution in [-0.4, -0.2) is 41.6 Å². The van der Waals surface area contributed by atoms with E-state index in [1.807, 2.05) is 0 Å². The van der Waals surface area contributed by atoms with Gasteiger partial charge in [0, 0.05) is 35.4 Å². The molecule has 35 heavy (non-hydrogen) atoms. The van der Waals surface area contributed by atoms with Crippen molar-refractivity contribution in [1.29, 1.82) is 0 Å². The van der Waals surface area contributed by atoms with Crippen LogP contribution in [0.5, 0.6) is 0 Å². The smallest absolute Gasteiger partial charge is 0.308 e. The number of ketones is 1. The van der Waals surface area contributed by atoms with Crippen LogP contribution in [0, 0.1) is 10.1 Å². The summed E-state index contributed by atoms with van der Waals surface area (Å²) in [4.78, 5) is 59.0. The maximum atomic E-state index is 12.7. The summed E-state index contributed by atoms with van der Waals surface area (Å²) in [6.45, 7) is -0.617. The molecule has 0 fully saturated rings. The molecule has 178 valence electrons. The van der Waals surface area contributed by atoms with Crippen LogP contribution in [0.4, 0.5) is 11.4 Å². The van der Waals surface area contributed by atoms with E-state index in [1.165, 1.54) is 24.3 Å². The maximum Gasteiger partial charge on any atom is 0.308 e. The zero-order valence-corrected chi connectivity index (χ0v) is 18.4. The zero-order chi connectivity index (χ0) is 25.2. The molecule has 0 atom stereocenters. The van der Waals surface area contributed by atoms with E-state index in [4.69, 9.17) is 4.74 Å². The molecule has 10 heteroatoms. The lowest BCUT2D eigenvalue weighted by Crippen LogP contribution is -2.27. The van der Waals surface area contributed by atoms with Crippen molar-refractivity contribution in [3.63, 3.8) is 0 Å². The molecule has 0 aliphatic rings. The van der Waals surface area contributed by atoms with Crippen molar-refractivity contribution in [3.8, 4) is 0 Å². The van der Waals surface area contributed by atoms with Crippen LogP contribution in [0.1, 0.15) is 32.7 Å². The summed E-state index contributed by atoms with van der Waals surface area (Å²) in [7, 11) is 0. The van der Waals surface area contributed by atoms with E-state index < -0.39 is 29.3 Å². The molecule has 0 aliphatic heterocycles. The Balaban J connectivity index is 1.45. The summed E-state index contributed by atoms with van der Waals surface area (Å²) in [5.41, 5.74) is 1.11. The number of carbonyl (C=O) groups excluding carboxylic acids is 4. The fourth-order valence-corrected chi connectivity index (χ4v) is 3.05. The lowest BCUT2D eigenvalue weighted by atomic mass is 10.0. The van der Waals surface area contributed by atoms with Gasteiger partial charge in [-0.15, -0.1) is 0 Å². The average Bonchev–Trinajstić information content (AvgIpc) is 2.88. The van der Waals surface area contributed by atoms with Gasteiger partial charge in [-0.2, -0.15) is 0 Å². The van der Waals surface area contributed by atoms with Gasteiger partial charge in [0.2, 0.25) is 0 Å². The molecule has 0 unspecified atom stereocenters. The molecule has 3 aromatic carbocycles. The number of hydrogen-bond donors (Lipinski definition) is 2. The molecule has 2 N–H and O–H groups in total. The molecule has 3 rings (SSSR count). The number of hydrogen-bond acceptors (Lipinski definition) is 7. The highest BCUT2D eigenvalue weighted by Gasteiger charge is 2.16. The van der Waals surface area contributed by atoms with Crippen LogP contribution < -0.4 is 10.6 Å². The minimum absolute atomic E-state index is 0.0509. The first-order valence-electron chi connectivity index (χ1n) is 10.5. The summed E-state index contributed by atoms with van der Waals surface area (Å²) >= 11 is 0. The van der Waals surface area contributed by atoms with Gasteiger partial charge in [-0.05, 0) is 24.3 Å². The number of esters is 1. The molecule has 2 amide bonds. The fourth-order valence-electron chi connectivity index (χ4n) is 3.05.